The third-order valence-electron chi connectivity index (χ3n) is 6.59. The Balaban J connectivity index is 1.63. The molecule has 2 aliphatic rings. The van der Waals surface area contributed by atoms with Crippen LogP contribution < -0.4 is 9.47 Å². The summed E-state index contributed by atoms with van der Waals surface area (Å²) >= 11 is 6.34. The molecule has 0 bridgehead atoms. The van der Waals surface area contributed by atoms with Gasteiger partial charge in [-0.1, -0.05) is 17.7 Å². The molecule has 1 aliphatic carbocycles. The Morgan fingerprint density at radius 1 is 1.29 bits per heavy atom. The first-order chi connectivity index (χ1) is 16.8. The van der Waals surface area contributed by atoms with Crippen LogP contribution in [0.5, 0.6) is 11.5 Å². The normalized spacial score (nSPS) is 21.3. The Bertz CT molecular complexity index is 1340. The van der Waals surface area contributed by atoms with Crippen molar-refractivity contribution in [3.8, 4) is 11.5 Å². The summed E-state index contributed by atoms with van der Waals surface area (Å²) in [6.45, 7) is 7.65. The van der Waals surface area contributed by atoms with E-state index in [2.05, 4.69) is 20.1 Å². The summed E-state index contributed by atoms with van der Waals surface area (Å²) in [7, 11) is 1.54. The van der Waals surface area contributed by atoms with Crippen molar-refractivity contribution in [1.82, 2.24) is 20.1 Å². The number of aryl methyl sites for hydroxylation is 1. The number of aliphatic hydroxyl groups is 1. The van der Waals surface area contributed by atoms with Crippen LogP contribution in [0.15, 0.2) is 23.3 Å². The van der Waals surface area contributed by atoms with E-state index in [0.717, 1.165) is 18.8 Å². The molecule has 1 fully saturated rings. The molecule has 1 aliphatic heterocycles. The molecular formula is C25H28ClFN4O4. The van der Waals surface area contributed by atoms with E-state index >= 15 is 4.39 Å². The fourth-order valence-corrected chi connectivity index (χ4v) is 4.78. The molecule has 0 saturated carbocycles. The second-order valence-corrected chi connectivity index (χ2v) is 9.49. The van der Waals surface area contributed by atoms with Crippen molar-refractivity contribution in [1.29, 1.82) is 0 Å². The Labute approximate surface area is 207 Å². The highest BCUT2D eigenvalue weighted by atomic mass is 35.5. The van der Waals surface area contributed by atoms with Gasteiger partial charge in [0.25, 0.3) is 0 Å². The lowest BCUT2D eigenvalue weighted by Crippen LogP contribution is -2.38. The van der Waals surface area contributed by atoms with Crippen LogP contribution in [-0.2, 0) is 4.74 Å². The van der Waals surface area contributed by atoms with Gasteiger partial charge in [-0.05, 0) is 31.9 Å². The van der Waals surface area contributed by atoms with Crippen LogP contribution in [0.1, 0.15) is 24.7 Å². The van der Waals surface area contributed by atoms with E-state index in [1.165, 1.54) is 13.2 Å². The molecule has 3 aromatic rings. The van der Waals surface area contributed by atoms with Crippen molar-refractivity contribution in [2.24, 2.45) is 0 Å². The van der Waals surface area contributed by atoms with Crippen LogP contribution in [0.2, 0.25) is 0 Å². The largest absolute Gasteiger partial charge is 0.492 e. The molecule has 0 spiro atoms. The van der Waals surface area contributed by atoms with Crippen LogP contribution in [0.25, 0.3) is 27.4 Å². The number of morpholine rings is 1. The SMILES string of the molecule is COc1c(OCCN2CCOCC2)cc(F)c2c(C3=CCC(C)(O)C(Cl)=C3)nc3n[nH]c(C)c3c12. The highest BCUT2D eigenvalue weighted by Gasteiger charge is 2.30. The van der Waals surface area contributed by atoms with Gasteiger partial charge in [-0.3, -0.25) is 10.00 Å². The monoisotopic (exact) mass is 502 g/mol. The number of nitrogens with one attached hydrogen (secondary N) is 1. The average Bonchev–Trinajstić information content (AvgIpc) is 3.21. The summed E-state index contributed by atoms with van der Waals surface area (Å²) in [5.74, 6) is 0.244. The molecule has 1 aromatic carbocycles. The highest BCUT2D eigenvalue weighted by Crippen LogP contribution is 2.45. The molecular weight excluding hydrogens is 475 g/mol. The van der Waals surface area contributed by atoms with Crippen molar-refractivity contribution < 1.29 is 23.7 Å². The summed E-state index contributed by atoms with van der Waals surface area (Å²) in [6, 6.07) is 1.35. The number of nitrogens with zero attached hydrogens (tertiary/aromatic N) is 3. The number of ether oxygens (including phenoxy) is 3. The number of fused-ring (bicyclic) bond motifs is 3. The van der Waals surface area contributed by atoms with Crippen molar-refractivity contribution in [3.63, 3.8) is 0 Å². The number of H-pyrrole nitrogens is 1. The Kier molecular flexibility index (Phi) is 6.43. The lowest BCUT2D eigenvalue weighted by molar-refractivity contribution is 0.0321. The minimum atomic E-state index is -1.17. The van der Waals surface area contributed by atoms with Crippen LogP contribution in [0.3, 0.4) is 0 Å². The first-order valence-electron chi connectivity index (χ1n) is 11.6. The van der Waals surface area contributed by atoms with Crippen molar-refractivity contribution in [2.75, 3.05) is 46.6 Å². The van der Waals surface area contributed by atoms with Gasteiger partial charge in [-0.15, -0.1) is 0 Å². The topological polar surface area (TPSA) is 92.7 Å². The average molecular weight is 503 g/mol. The van der Waals surface area contributed by atoms with E-state index in [1.807, 2.05) is 6.92 Å². The molecule has 10 heteroatoms. The highest BCUT2D eigenvalue weighted by molar-refractivity contribution is 6.31. The van der Waals surface area contributed by atoms with E-state index in [9.17, 15) is 5.11 Å². The van der Waals surface area contributed by atoms with E-state index in [1.54, 1.807) is 19.1 Å². The van der Waals surface area contributed by atoms with E-state index < -0.39 is 11.4 Å². The maximum absolute atomic E-state index is 15.8. The van der Waals surface area contributed by atoms with Crippen LogP contribution in [-0.4, -0.2) is 77.4 Å². The number of hydrogen-bond acceptors (Lipinski definition) is 7. The number of aromatic nitrogens is 3. The zero-order chi connectivity index (χ0) is 24.7. The predicted molar refractivity (Wildman–Crippen MR) is 133 cm³/mol. The van der Waals surface area contributed by atoms with Gasteiger partial charge in [-0.25, -0.2) is 9.37 Å². The number of benzene rings is 1. The first kappa shape index (κ1) is 24.0. The lowest BCUT2D eigenvalue weighted by Gasteiger charge is -2.26. The Morgan fingerprint density at radius 2 is 2.06 bits per heavy atom. The van der Waals surface area contributed by atoms with Gasteiger partial charge in [0, 0.05) is 42.2 Å². The molecule has 35 heavy (non-hydrogen) atoms. The van der Waals surface area contributed by atoms with E-state index in [4.69, 9.17) is 25.8 Å². The number of rotatable bonds is 6. The molecule has 3 heterocycles. The lowest BCUT2D eigenvalue weighted by atomic mass is 9.90. The molecule has 2 N–H and O–H groups in total. The zero-order valence-corrected chi connectivity index (χ0v) is 20.7. The van der Waals surface area contributed by atoms with Crippen LogP contribution in [0, 0.1) is 12.7 Å². The standard InChI is InChI=1S/C25H28ClFN4O4/c1-14-19-21-20(22(28-24(19)30-29-14)15-4-5-25(2,32)18(26)12-15)16(27)13-17(23(21)33-3)35-11-8-31-6-9-34-10-7-31/h4,12-13,32H,5-11H2,1-3H3,(H,28,29,30). The molecule has 1 atom stereocenters. The minimum Gasteiger partial charge on any atom is -0.492 e. The van der Waals surface area contributed by atoms with Crippen LogP contribution >= 0.6 is 11.6 Å². The van der Waals surface area contributed by atoms with Gasteiger partial charge in [0.05, 0.1) is 36.4 Å². The number of hydrogen-bond donors (Lipinski definition) is 2. The van der Waals surface area contributed by atoms with Gasteiger partial charge >= 0.3 is 0 Å². The minimum absolute atomic E-state index is 0.263. The number of pyridine rings is 1. The summed E-state index contributed by atoms with van der Waals surface area (Å²) in [5, 5.41) is 19.5. The summed E-state index contributed by atoms with van der Waals surface area (Å²) in [6.07, 6.45) is 3.70. The Morgan fingerprint density at radius 3 is 2.77 bits per heavy atom. The van der Waals surface area contributed by atoms with Gasteiger partial charge < -0.3 is 19.3 Å². The maximum atomic E-state index is 15.8. The molecule has 8 nitrogen and oxygen atoms in total. The molecule has 1 saturated heterocycles. The van der Waals surface area contributed by atoms with Crippen molar-refractivity contribution in [3.05, 3.63) is 40.5 Å². The van der Waals surface area contributed by atoms with E-state index in [-0.39, 0.29) is 16.8 Å². The Hall–Kier alpha value is -2.72. The second-order valence-electron chi connectivity index (χ2n) is 9.08. The number of allylic oxidation sites excluding steroid dienone is 2. The fourth-order valence-electron chi connectivity index (χ4n) is 4.59. The molecule has 0 amide bonds. The third-order valence-corrected chi connectivity index (χ3v) is 7.11. The zero-order valence-electron chi connectivity index (χ0n) is 20.0. The molecule has 0 radical (unpaired) electrons. The summed E-state index contributed by atoms with van der Waals surface area (Å²) < 4.78 is 33.0. The fraction of sp³-hybridized carbons (Fsp3) is 0.440. The van der Waals surface area contributed by atoms with Gasteiger partial charge in [-0.2, -0.15) is 5.10 Å². The molecule has 186 valence electrons. The molecule has 2 aromatic heterocycles. The quantitative estimate of drug-likeness (QED) is 0.527. The number of aromatic amines is 1. The summed E-state index contributed by atoms with van der Waals surface area (Å²) in [4.78, 5) is 6.91. The first-order valence-corrected chi connectivity index (χ1v) is 12.0. The summed E-state index contributed by atoms with van der Waals surface area (Å²) in [5.41, 5.74) is 0.975. The van der Waals surface area contributed by atoms with Crippen LogP contribution in [0.4, 0.5) is 4.39 Å². The molecule has 1 unspecified atom stereocenters. The van der Waals surface area contributed by atoms with Gasteiger partial charge in [0.15, 0.2) is 17.1 Å². The van der Waals surface area contributed by atoms with Gasteiger partial charge in [0.1, 0.15) is 18.0 Å². The van der Waals surface area contributed by atoms with E-state index in [0.29, 0.717) is 65.6 Å². The van der Waals surface area contributed by atoms with Crippen molar-refractivity contribution >= 4 is 39.0 Å². The smallest absolute Gasteiger partial charge is 0.182 e. The van der Waals surface area contributed by atoms with Crippen molar-refractivity contribution in [2.45, 2.75) is 25.9 Å². The molecule has 5 rings (SSSR count). The third kappa shape index (κ3) is 4.38. The second kappa shape index (κ2) is 9.39. The predicted octanol–water partition coefficient (Wildman–Crippen LogP) is 3.94. The number of methoxy groups -OCH3 is 1. The number of halogens is 2. The maximum Gasteiger partial charge on any atom is 0.182 e. The van der Waals surface area contributed by atoms with Gasteiger partial charge in [0.2, 0.25) is 0 Å².